The van der Waals surface area contributed by atoms with Crippen LogP contribution in [0.2, 0.25) is 0 Å². The zero-order valence-electron chi connectivity index (χ0n) is 22.0. The lowest BCUT2D eigenvalue weighted by atomic mass is 10.1. The number of amides is 1. The number of rotatable bonds is 12. The van der Waals surface area contributed by atoms with E-state index in [-0.39, 0.29) is 42.6 Å². The first kappa shape index (κ1) is 27.5. The maximum atomic E-state index is 13.9. The fourth-order valence-corrected chi connectivity index (χ4v) is 5.76. The van der Waals surface area contributed by atoms with Gasteiger partial charge in [0.1, 0.15) is 16.9 Å². The first-order valence-corrected chi connectivity index (χ1v) is 13.6. The molecule has 0 radical (unpaired) electrons. The number of ketones is 1. The summed E-state index contributed by atoms with van der Waals surface area (Å²) in [5, 5.41) is 10.5. The molecule has 1 amide bonds. The summed E-state index contributed by atoms with van der Waals surface area (Å²) in [6.07, 6.45) is 0. The number of fused-ring (bicyclic) bond motifs is 3. The number of aromatic nitrogens is 1. The van der Waals surface area contributed by atoms with Crippen molar-refractivity contribution in [3.8, 4) is 5.75 Å². The Morgan fingerprint density at radius 1 is 1.00 bits per heavy atom. The van der Waals surface area contributed by atoms with Gasteiger partial charge in [0, 0.05) is 31.1 Å². The smallest absolute Gasteiger partial charge is 0.267 e. The minimum atomic E-state index is -0.406. The number of hydrogen-bond donors (Lipinski definition) is 1. The van der Waals surface area contributed by atoms with Crippen LogP contribution in [0.15, 0.2) is 59.4 Å². The van der Waals surface area contributed by atoms with Gasteiger partial charge in [0.2, 0.25) is 0 Å². The van der Waals surface area contributed by atoms with E-state index in [4.69, 9.17) is 4.74 Å². The molecule has 200 valence electrons. The average Bonchev–Trinajstić information content (AvgIpc) is 3.34. The molecule has 8 nitrogen and oxygen atoms in total. The second kappa shape index (κ2) is 12.3. The summed E-state index contributed by atoms with van der Waals surface area (Å²) in [5.41, 5.74) is 0.714. The largest absolute Gasteiger partial charge is 0.489 e. The third-order valence-corrected chi connectivity index (χ3v) is 7.88. The Kier molecular flexibility index (Phi) is 8.93. The Morgan fingerprint density at radius 3 is 2.37 bits per heavy atom. The maximum absolute atomic E-state index is 13.9. The van der Waals surface area contributed by atoms with Gasteiger partial charge in [-0.3, -0.25) is 19.0 Å². The molecule has 2 aromatic heterocycles. The van der Waals surface area contributed by atoms with Crippen LogP contribution in [0, 0.1) is 0 Å². The van der Waals surface area contributed by atoms with E-state index in [1.54, 1.807) is 42.3 Å². The number of thiophene rings is 1. The predicted octanol–water partition coefficient (Wildman–Crippen LogP) is 3.88. The van der Waals surface area contributed by atoms with Crippen LogP contribution < -0.4 is 10.3 Å². The lowest BCUT2D eigenvalue weighted by Crippen LogP contribution is -2.36. The highest BCUT2D eigenvalue weighted by Gasteiger charge is 2.27. The quantitative estimate of drug-likeness (QED) is 0.277. The predicted molar refractivity (Wildman–Crippen MR) is 152 cm³/mol. The number of Topliss-reactive ketones (excluding diaryl/α,β-unsaturated/α-hetero) is 1. The number of hydrogen-bond acceptors (Lipinski definition) is 7. The molecule has 2 aromatic carbocycles. The number of carbonyl (C=O) groups is 2. The van der Waals surface area contributed by atoms with Crippen molar-refractivity contribution in [2.45, 2.75) is 20.4 Å². The topological polar surface area (TPSA) is 92.1 Å². The number of pyridine rings is 1. The number of likely N-dealkylation sites (N-methyl/N-ethyl adjacent to an activating group) is 2. The molecule has 0 aliphatic carbocycles. The maximum Gasteiger partial charge on any atom is 0.267 e. The molecule has 0 aliphatic heterocycles. The Morgan fingerprint density at radius 2 is 1.68 bits per heavy atom. The molecule has 0 spiro atoms. The Balaban J connectivity index is 1.85. The lowest BCUT2D eigenvalue weighted by molar-refractivity contribution is 0.0779. The highest BCUT2D eigenvalue weighted by Crippen LogP contribution is 2.40. The molecule has 0 atom stereocenters. The molecule has 38 heavy (non-hydrogen) atoms. The molecular formula is C29H33N3O5S. The fraction of sp³-hybridized carbons (Fsp3) is 0.345. The van der Waals surface area contributed by atoms with Crippen molar-refractivity contribution in [1.29, 1.82) is 0 Å². The Bertz CT molecular complexity index is 1490. The van der Waals surface area contributed by atoms with E-state index in [1.165, 1.54) is 15.9 Å². The van der Waals surface area contributed by atoms with Gasteiger partial charge >= 0.3 is 0 Å². The standard InChI is InChI=1S/C29H33N3O5S/c1-4-31(5-2)16-15-30(3)29(36)27-25(37-18-17-33)24-26(38-27)21-13-9-10-14-22(21)32(28(24)35)19-23(34)20-11-7-6-8-12-20/h6-14,33H,4-5,15-19H2,1-3H3. The van der Waals surface area contributed by atoms with Gasteiger partial charge in [-0.05, 0) is 19.2 Å². The van der Waals surface area contributed by atoms with E-state index in [1.807, 2.05) is 24.3 Å². The van der Waals surface area contributed by atoms with Crippen molar-refractivity contribution >= 4 is 44.0 Å². The van der Waals surface area contributed by atoms with E-state index in [0.717, 1.165) is 25.0 Å². The zero-order valence-corrected chi connectivity index (χ0v) is 22.8. The molecule has 0 saturated heterocycles. The van der Waals surface area contributed by atoms with Crippen molar-refractivity contribution in [3.05, 3.63) is 75.4 Å². The van der Waals surface area contributed by atoms with Gasteiger partial charge in [0.05, 0.1) is 23.4 Å². The molecule has 0 unspecified atom stereocenters. The summed E-state index contributed by atoms with van der Waals surface area (Å²) in [7, 11) is 1.74. The zero-order chi connectivity index (χ0) is 27.2. The van der Waals surface area contributed by atoms with E-state index in [0.29, 0.717) is 27.2 Å². The molecule has 4 aromatic rings. The van der Waals surface area contributed by atoms with Crippen molar-refractivity contribution in [1.82, 2.24) is 14.4 Å². The molecule has 9 heteroatoms. The molecule has 4 rings (SSSR count). The first-order chi connectivity index (χ1) is 18.4. The third kappa shape index (κ3) is 5.50. The minimum absolute atomic E-state index is 0.0650. The number of nitrogens with zero attached hydrogens (tertiary/aromatic N) is 3. The van der Waals surface area contributed by atoms with Crippen LogP contribution in [0.25, 0.3) is 21.0 Å². The van der Waals surface area contributed by atoms with Gasteiger partial charge in [0.25, 0.3) is 11.5 Å². The SMILES string of the molecule is CCN(CC)CCN(C)C(=O)c1sc2c(c1OCCO)c(=O)n(CC(=O)c1ccccc1)c1ccccc21. The number of carbonyl (C=O) groups excluding carboxylic acids is 2. The van der Waals surface area contributed by atoms with Gasteiger partial charge in [-0.25, -0.2) is 0 Å². The van der Waals surface area contributed by atoms with Crippen LogP contribution in [-0.2, 0) is 6.54 Å². The number of benzene rings is 2. The molecule has 2 heterocycles. The van der Waals surface area contributed by atoms with Gasteiger partial charge in [-0.1, -0.05) is 62.4 Å². The van der Waals surface area contributed by atoms with Gasteiger partial charge < -0.3 is 19.6 Å². The summed E-state index contributed by atoms with van der Waals surface area (Å²) < 4.78 is 7.93. The first-order valence-electron chi connectivity index (χ1n) is 12.8. The Labute approximate surface area is 225 Å². The van der Waals surface area contributed by atoms with E-state index >= 15 is 0 Å². The number of ether oxygens (including phenoxy) is 1. The van der Waals surface area contributed by atoms with Crippen molar-refractivity contribution < 1.29 is 19.4 Å². The molecule has 0 saturated carbocycles. The molecule has 0 bridgehead atoms. The Hall–Kier alpha value is -3.53. The summed E-state index contributed by atoms with van der Waals surface area (Å²) in [6, 6.07) is 16.2. The molecular weight excluding hydrogens is 502 g/mol. The molecule has 0 fully saturated rings. The van der Waals surface area contributed by atoms with E-state index < -0.39 is 5.56 Å². The van der Waals surface area contributed by atoms with Crippen LogP contribution in [-0.4, -0.2) is 77.6 Å². The highest BCUT2D eigenvalue weighted by molar-refractivity contribution is 7.22. The third-order valence-electron chi connectivity index (χ3n) is 6.69. The lowest BCUT2D eigenvalue weighted by Gasteiger charge is -2.23. The monoisotopic (exact) mass is 535 g/mol. The van der Waals surface area contributed by atoms with E-state index in [2.05, 4.69) is 18.7 Å². The van der Waals surface area contributed by atoms with Crippen LogP contribution in [0.3, 0.4) is 0 Å². The summed E-state index contributed by atoms with van der Waals surface area (Å²) >= 11 is 1.21. The minimum Gasteiger partial charge on any atom is -0.489 e. The van der Waals surface area contributed by atoms with Gasteiger partial charge in [-0.15, -0.1) is 11.3 Å². The van der Waals surface area contributed by atoms with Crippen molar-refractivity contribution in [3.63, 3.8) is 0 Å². The van der Waals surface area contributed by atoms with Crippen molar-refractivity contribution in [2.24, 2.45) is 0 Å². The van der Waals surface area contributed by atoms with Crippen LogP contribution in [0.4, 0.5) is 0 Å². The second-order valence-electron chi connectivity index (χ2n) is 8.99. The second-order valence-corrected chi connectivity index (χ2v) is 10.0. The van der Waals surface area contributed by atoms with E-state index in [9.17, 15) is 19.5 Å². The number of aliphatic hydroxyl groups excluding tert-OH is 1. The molecule has 1 N–H and O–H groups in total. The summed E-state index contributed by atoms with van der Waals surface area (Å²) in [6.45, 7) is 6.70. The van der Waals surface area contributed by atoms with Crippen LogP contribution in [0.1, 0.15) is 33.9 Å². The average molecular weight is 536 g/mol. The summed E-state index contributed by atoms with van der Waals surface area (Å²) in [4.78, 5) is 44.8. The van der Waals surface area contributed by atoms with Crippen molar-refractivity contribution in [2.75, 3.05) is 46.4 Å². The van der Waals surface area contributed by atoms with Crippen LogP contribution >= 0.6 is 11.3 Å². The number of aliphatic hydroxyl groups is 1. The molecule has 0 aliphatic rings. The van der Waals surface area contributed by atoms with Gasteiger partial charge in [-0.2, -0.15) is 0 Å². The summed E-state index contributed by atoms with van der Waals surface area (Å²) in [5.74, 6) is -0.283. The number of para-hydroxylation sites is 1. The fourth-order valence-electron chi connectivity index (χ4n) is 4.49. The van der Waals surface area contributed by atoms with Gasteiger partial charge in [0.15, 0.2) is 11.5 Å². The normalized spacial score (nSPS) is 11.4. The highest BCUT2D eigenvalue weighted by atomic mass is 32.1. The van der Waals surface area contributed by atoms with Crippen LogP contribution in [0.5, 0.6) is 5.75 Å².